The molecular formula is C20H24B4F4O9. The summed E-state index contributed by atoms with van der Waals surface area (Å²) in [6.07, 6.45) is 0. The molecule has 0 radical (unpaired) electrons. The van der Waals surface area contributed by atoms with Crippen LogP contribution in [0.1, 0.15) is 16.7 Å². The normalized spacial score (nSPS) is 9.73. The molecule has 0 heterocycles. The van der Waals surface area contributed by atoms with E-state index in [0.29, 0.717) is 22.4 Å². The average molecular weight is 528 g/mol. The number of methoxy groups -OCH3 is 1. The first kappa shape index (κ1) is 34.1. The summed E-state index contributed by atoms with van der Waals surface area (Å²) < 4.78 is 54.8. The van der Waals surface area contributed by atoms with E-state index in [4.69, 9.17) is 39.5 Å². The van der Waals surface area contributed by atoms with Gasteiger partial charge in [0.2, 0.25) is 0 Å². The van der Waals surface area contributed by atoms with Gasteiger partial charge in [-0.3, -0.25) is 17.3 Å². The standard InChI is InChI=1S/C20H18BFO3.3BFH2O2/c1-24-19-14-12-18(13-15-19)20(25-21(22)23,16-8-4-2-5-9-16)17-10-6-3-7-11-17;3*2-1(3)4/h2-15,23H,1H3;3*3-4H. The van der Waals surface area contributed by atoms with Crippen molar-refractivity contribution in [2.45, 2.75) is 5.60 Å². The highest BCUT2D eigenvalue weighted by Gasteiger charge is 2.41. The van der Waals surface area contributed by atoms with Crippen LogP contribution in [0.2, 0.25) is 0 Å². The molecule has 0 unspecified atom stereocenters. The number of hydrogen-bond donors (Lipinski definition) is 7. The highest BCUT2D eigenvalue weighted by Crippen LogP contribution is 2.41. The quantitative estimate of drug-likeness (QED) is 0.139. The van der Waals surface area contributed by atoms with Gasteiger partial charge in [-0.25, -0.2) is 0 Å². The van der Waals surface area contributed by atoms with Gasteiger partial charge < -0.3 is 44.6 Å². The molecule has 0 aliphatic carbocycles. The molecule has 0 atom stereocenters. The van der Waals surface area contributed by atoms with Gasteiger partial charge in [0.05, 0.1) is 7.11 Å². The van der Waals surface area contributed by atoms with Gasteiger partial charge in [0.25, 0.3) is 0 Å². The molecule has 0 fully saturated rings. The van der Waals surface area contributed by atoms with E-state index in [1.807, 2.05) is 60.7 Å². The van der Waals surface area contributed by atoms with Crippen LogP contribution in [-0.2, 0) is 10.3 Å². The molecule has 0 amide bonds. The zero-order chi connectivity index (χ0) is 28.4. The largest absolute Gasteiger partial charge is 0.678 e. The zero-order valence-corrected chi connectivity index (χ0v) is 19.4. The Labute approximate surface area is 212 Å². The molecule has 7 N–H and O–H groups in total. The van der Waals surface area contributed by atoms with Gasteiger partial charge >= 0.3 is 29.6 Å². The molecule has 9 nitrogen and oxygen atoms in total. The Kier molecular flexibility index (Phi) is 16.9. The van der Waals surface area contributed by atoms with E-state index >= 15 is 0 Å². The van der Waals surface area contributed by atoms with Gasteiger partial charge in [-0.15, -0.1) is 0 Å². The van der Waals surface area contributed by atoms with Gasteiger partial charge in [0.15, 0.2) is 0 Å². The number of hydrogen-bond acceptors (Lipinski definition) is 9. The topological polar surface area (TPSA) is 160 Å². The Morgan fingerprint density at radius 2 is 0.838 bits per heavy atom. The summed E-state index contributed by atoms with van der Waals surface area (Å²) in [5.74, 6) is 0.680. The predicted octanol–water partition coefficient (Wildman–Crippen LogP) is 0.727. The third-order valence-corrected chi connectivity index (χ3v) is 4.13. The number of benzene rings is 3. The minimum Gasteiger partial charge on any atom is -0.497 e. The van der Waals surface area contributed by atoms with Crippen LogP contribution in [0.25, 0.3) is 0 Å². The van der Waals surface area contributed by atoms with Gasteiger partial charge in [-0.05, 0) is 28.8 Å². The van der Waals surface area contributed by atoms with Crippen molar-refractivity contribution in [2.24, 2.45) is 0 Å². The van der Waals surface area contributed by atoms with E-state index in [0.717, 1.165) is 0 Å². The summed E-state index contributed by atoms with van der Waals surface area (Å²) in [5.41, 5.74) is 0.816. The molecular weight excluding hydrogens is 503 g/mol. The Bertz CT molecular complexity index is 899. The van der Waals surface area contributed by atoms with E-state index in [-0.39, 0.29) is 0 Å². The van der Waals surface area contributed by atoms with Crippen LogP contribution < -0.4 is 4.74 Å². The Morgan fingerprint density at radius 3 is 1.11 bits per heavy atom. The first-order valence-corrected chi connectivity index (χ1v) is 10.1. The Morgan fingerprint density at radius 1 is 0.541 bits per heavy atom. The smallest absolute Gasteiger partial charge is 0.497 e. The van der Waals surface area contributed by atoms with Crippen LogP contribution in [-0.4, -0.2) is 71.9 Å². The summed E-state index contributed by atoms with van der Waals surface area (Å²) in [7, 11) is -8.86. The third kappa shape index (κ3) is 13.9. The van der Waals surface area contributed by atoms with Crippen LogP contribution in [0.4, 0.5) is 17.3 Å². The van der Waals surface area contributed by atoms with Crippen LogP contribution in [0.15, 0.2) is 84.9 Å². The molecule has 0 saturated carbocycles. The average Bonchev–Trinajstić information content (AvgIpc) is 2.82. The van der Waals surface area contributed by atoms with Crippen molar-refractivity contribution in [3.8, 4) is 5.75 Å². The first-order valence-electron chi connectivity index (χ1n) is 10.1. The van der Waals surface area contributed by atoms with E-state index in [1.54, 1.807) is 31.4 Å². The summed E-state index contributed by atoms with van der Waals surface area (Å²) in [4.78, 5) is 0. The second-order valence-electron chi connectivity index (χ2n) is 6.48. The van der Waals surface area contributed by atoms with Crippen LogP contribution >= 0.6 is 0 Å². The minimum atomic E-state index is -2.67. The number of rotatable bonds is 6. The fourth-order valence-electron chi connectivity index (χ4n) is 3.02. The van der Waals surface area contributed by atoms with Gasteiger partial charge in [0.1, 0.15) is 11.4 Å². The lowest BCUT2D eigenvalue weighted by Gasteiger charge is -2.35. The zero-order valence-electron chi connectivity index (χ0n) is 19.4. The third-order valence-electron chi connectivity index (χ3n) is 4.13. The predicted molar refractivity (Wildman–Crippen MR) is 130 cm³/mol. The molecule has 17 heteroatoms. The van der Waals surface area contributed by atoms with Gasteiger partial charge in [0, 0.05) is 0 Å². The fourth-order valence-corrected chi connectivity index (χ4v) is 3.02. The maximum absolute atomic E-state index is 13.7. The lowest BCUT2D eigenvalue weighted by atomic mass is 9.79. The molecule has 0 spiro atoms. The lowest BCUT2D eigenvalue weighted by Crippen LogP contribution is -2.37. The van der Waals surface area contributed by atoms with Crippen LogP contribution in [0.3, 0.4) is 0 Å². The second kappa shape index (κ2) is 18.4. The van der Waals surface area contributed by atoms with E-state index < -0.39 is 35.2 Å². The van der Waals surface area contributed by atoms with Crippen molar-refractivity contribution in [1.29, 1.82) is 0 Å². The highest BCUT2D eigenvalue weighted by molar-refractivity contribution is 6.34. The summed E-state index contributed by atoms with van der Waals surface area (Å²) in [5, 5.41) is 51.1. The van der Waals surface area contributed by atoms with Crippen LogP contribution in [0.5, 0.6) is 5.75 Å². The molecule has 0 aliphatic rings. The van der Waals surface area contributed by atoms with Crippen molar-refractivity contribution in [2.75, 3.05) is 7.11 Å². The maximum atomic E-state index is 13.7. The van der Waals surface area contributed by atoms with Crippen LogP contribution in [0, 0.1) is 0 Å². The van der Waals surface area contributed by atoms with Crippen molar-refractivity contribution in [1.82, 2.24) is 0 Å². The molecule has 37 heavy (non-hydrogen) atoms. The van der Waals surface area contributed by atoms with Crippen molar-refractivity contribution in [3.05, 3.63) is 102 Å². The number of halogens is 4. The summed E-state index contributed by atoms with van der Waals surface area (Å²) >= 11 is 0. The Hall–Kier alpha value is -2.88. The first-order chi connectivity index (χ1) is 17.4. The monoisotopic (exact) mass is 528 g/mol. The van der Waals surface area contributed by atoms with Crippen molar-refractivity contribution >= 4 is 29.6 Å². The Balaban J connectivity index is 0.000000908. The lowest BCUT2D eigenvalue weighted by molar-refractivity contribution is 0.100. The summed E-state index contributed by atoms with van der Waals surface area (Å²) in [6.45, 7) is 0. The van der Waals surface area contributed by atoms with Gasteiger partial charge in [-0.2, -0.15) is 0 Å². The van der Waals surface area contributed by atoms with E-state index in [9.17, 15) is 22.3 Å². The van der Waals surface area contributed by atoms with E-state index in [1.165, 1.54) is 0 Å². The summed E-state index contributed by atoms with van der Waals surface area (Å²) in [6, 6.07) is 25.7. The maximum Gasteiger partial charge on any atom is 0.678 e. The molecule has 198 valence electrons. The number of ether oxygens (including phenoxy) is 1. The molecule has 0 saturated heterocycles. The molecule has 3 aromatic carbocycles. The van der Waals surface area contributed by atoms with Gasteiger partial charge in [-0.1, -0.05) is 72.8 Å². The minimum absolute atomic E-state index is 0.680. The molecule has 0 aromatic heterocycles. The van der Waals surface area contributed by atoms with Crippen molar-refractivity contribution < 1.29 is 61.8 Å². The fraction of sp³-hybridized carbons (Fsp3) is 0.100. The molecule has 3 rings (SSSR count). The van der Waals surface area contributed by atoms with Crippen molar-refractivity contribution in [3.63, 3.8) is 0 Å². The highest BCUT2D eigenvalue weighted by atomic mass is 19.1. The second-order valence-corrected chi connectivity index (χ2v) is 6.48. The van der Waals surface area contributed by atoms with E-state index in [2.05, 4.69) is 0 Å². The molecule has 3 aromatic rings. The molecule has 0 bridgehead atoms. The molecule has 0 aliphatic heterocycles. The SMILES string of the molecule is COc1ccc(C(OB(O)F)(c2ccccc2)c2ccccc2)cc1.OB(O)F.OB(O)F.OB(O)F.